The number of carbonyl (C=O) groups excluding carboxylic acids is 2. The van der Waals surface area contributed by atoms with Gasteiger partial charge in [-0.05, 0) is 68.1 Å². The van der Waals surface area contributed by atoms with Crippen molar-refractivity contribution in [1.82, 2.24) is 0 Å². The first-order chi connectivity index (χ1) is 15.7. The van der Waals surface area contributed by atoms with Gasteiger partial charge < -0.3 is 18.9 Å². The van der Waals surface area contributed by atoms with Crippen molar-refractivity contribution in [2.75, 3.05) is 13.2 Å². The molecule has 6 aliphatic rings. The van der Waals surface area contributed by atoms with Gasteiger partial charge in [0.1, 0.15) is 5.60 Å². The highest BCUT2D eigenvalue weighted by Crippen LogP contribution is 2.66. The number of rotatable bonds is 0. The van der Waals surface area contributed by atoms with Crippen molar-refractivity contribution in [3.63, 3.8) is 0 Å². The molecule has 6 heteroatoms. The second kappa shape index (κ2) is 7.43. The first-order valence-corrected chi connectivity index (χ1v) is 13.4. The fourth-order valence-electron chi connectivity index (χ4n) is 9.32. The fraction of sp³-hybridized carbons (Fsp3) is 0.926. The summed E-state index contributed by atoms with van der Waals surface area (Å²) in [5.41, 5.74) is -0.579. The SMILES string of the molecule is C[C@@H]1CC[C@@]2(OC1)O[C@H]1C[C@H]3[C@@H]4CC[C@H]5CC(=O)OCC[C@]5(C)[C@H]4CC(=O)O[C@]3(C)[C@H]1[C@@H]2C. The number of ether oxygens (including phenoxy) is 4. The predicted molar refractivity (Wildman–Crippen MR) is 120 cm³/mol. The van der Waals surface area contributed by atoms with Crippen LogP contribution < -0.4 is 0 Å². The first-order valence-electron chi connectivity index (χ1n) is 13.4. The Hall–Kier alpha value is -1.14. The van der Waals surface area contributed by atoms with E-state index >= 15 is 0 Å². The fourth-order valence-corrected chi connectivity index (χ4v) is 9.32. The second-order valence-corrected chi connectivity index (χ2v) is 12.7. The summed E-state index contributed by atoms with van der Waals surface area (Å²) in [7, 11) is 0. The maximum absolute atomic E-state index is 13.4. The standard InChI is InChI=1S/C27H40O6/c1-15-7-8-27(31-14-15)16(2)24-21(32-27)12-20-18-6-5-17-11-22(28)30-10-9-25(17,3)19(18)13-23(29)33-26(20,24)4/h15-21,24H,5-14H2,1-4H3/t15-,16+,17+,18-,19+,20+,21+,24+,25+,26+,27-/m1/s1. The number of fused-ring (bicyclic) bond motifs is 7. The average Bonchev–Trinajstić information content (AvgIpc) is 3.06. The molecule has 0 radical (unpaired) electrons. The number of cyclic esters (lactones) is 1. The molecule has 0 bridgehead atoms. The van der Waals surface area contributed by atoms with Crippen LogP contribution in [0.5, 0.6) is 0 Å². The van der Waals surface area contributed by atoms with Gasteiger partial charge in [-0.3, -0.25) is 9.59 Å². The minimum Gasteiger partial charge on any atom is -0.466 e. The Morgan fingerprint density at radius 2 is 1.76 bits per heavy atom. The lowest BCUT2D eigenvalue weighted by atomic mass is 9.51. The first kappa shape index (κ1) is 22.3. The third-order valence-electron chi connectivity index (χ3n) is 11.2. The summed E-state index contributed by atoms with van der Waals surface area (Å²) in [5, 5.41) is 0. The van der Waals surface area contributed by atoms with Crippen molar-refractivity contribution >= 4 is 11.9 Å². The molecular weight excluding hydrogens is 420 g/mol. The van der Waals surface area contributed by atoms with E-state index in [1.54, 1.807) is 0 Å². The molecule has 4 heterocycles. The Kier molecular flexibility index (Phi) is 5.03. The highest BCUT2D eigenvalue weighted by Gasteiger charge is 2.70. The van der Waals surface area contributed by atoms with Crippen LogP contribution in [0.1, 0.15) is 79.1 Å². The Balaban J connectivity index is 1.32. The molecule has 0 aromatic heterocycles. The van der Waals surface area contributed by atoms with Crippen molar-refractivity contribution in [2.45, 2.75) is 96.6 Å². The van der Waals surface area contributed by atoms with Crippen LogP contribution in [0.2, 0.25) is 0 Å². The van der Waals surface area contributed by atoms with Gasteiger partial charge in [-0.25, -0.2) is 0 Å². The molecule has 4 aliphatic heterocycles. The van der Waals surface area contributed by atoms with Gasteiger partial charge in [0.25, 0.3) is 0 Å². The van der Waals surface area contributed by atoms with Crippen molar-refractivity contribution in [1.29, 1.82) is 0 Å². The molecule has 0 amide bonds. The summed E-state index contributed by atoms with van der Waals surface area (Å²) in [6, 6.07) is 0. The molecule has 33 heavy (non-hydrogen) atoms. The molecule has 2 aliphatic carbocycles. The van der Waals surface area contributed by atoms with E-state index in [2.05, 4.69) is 27.7 Å². The van der Waals surface area contributed by atoms with Crippen LogP contribution >= 0.6 is 0 Å². The molecule has 2 saturated carbocycles. The van der Waals surface area contributed by atoms with E-state index in [9.17, 15) is 9.59 Å². The van der Waals surface area contributed by atoms with Crippen LogP contribution in [0, 0.1) is 46.8 Å². The highest BCUT2D eigenvalue weighted by molar-refractivity contribution is 5.72. The van der Waals surface area contributed by atoms with Crippen LogP contribution in [0.25, 0.3) is 0 Å². The Morgan fingerprint density at radius 3 is 2.52 bits per heavy atom. The molecule has 6 nitrogen and oxygen atoms in total. The molecule has 0 unspecified atom stereocenters. The lowest BCUT2D eigenvalue weighted by molar-refractivity contribution is -0.273. The van der Waals surface area contributed by atoms with E-state index in [-0.39, 0.29) is 41.2 Å². The van der Waals surface area contributed by atoms with Gasteiger partial charge in [0.05, 0.1) is 19.3 Å². The largest absolute Gasteiger partial charge is 0.466 e. The molecule has 0 N–H and O–H groups in total. The summed E-state index contributed by atoms with van der Waals surface area (Å²) in [4.78, 5) is 25.6. The zero-order chi connectivity index (χ0) is 23.2. The number of hydrogen-bond acceptors (Lipinski definition) is 6. The molecule has 6 rings (SSSR count). The number of carbonyl (C=O) groups is 2. The lowest BCUT2D eigenvalue weighted by Gasteiger charge is -2.52. The smallest absolute Gasteiger partial charge is 0.306 e. The van der Waals surface area contributed by atoms with Gasteiger partial charge in [-0.2, -0.15) is 0 Å². The van der Waals surface area contributed by atoms with Crippen LogP contribution in [0.15, 0.2) is 0 Å². The third kappa shape index (κ3) is 3.11. The summed E-state index contributed by atoms with van der Waals surface area (Å²) in [6.07, 6.45) is 6.95. The molecule has 184 valence electrons. The monoisotopic (exact) mass is 460 g/mol. The van der Waals surface area contributed by atoms with Gasteiger partial charge in [0, 0.05) is 37.0 Å². The second-order valence-electron chi connectivity index (χ2n) is 12.7. The molecule has 6 fully saturated rings. The van der Waals surface area contributed by atoms with Gasteiger partial charge in [-0.15, -0.1) is 0 Å². The molecular formula is C27H40O6. The van der Waals surface area contributed by atoms with Gasteiger partial charge in [-0.1, -0.05) is 20.8 Å². The summed E-state index contributed by atoms with van der Waals surface area (Å²) in [5.74, 6) is 1.52. The number of hydrogen-bond donors (Lipinski definition) is 0. The van der Waals surface area contributed by atoms with Crippen molar-refractivity contribution < 1.29 is 28.5 Å². The molecule has 0 aromatic carbocycles. The van der Waals surface area contributed by atoms with E-state index in [0.717, 1.165) is 45.1 Å². The lowest BCUT2D eigenvalue weighted by Crippen LogP contribution is -2.52. The maximum Gasteiger partial charge on any atom is 0.306 e. The van der Waals surface area contributed by atoms with Gasteiger partial charge in [0.15, 0.2) is 5.79 Å². The average molecular weight is 461 g/mol. The highest BCUT2D eigenvalue weighted by atomic mass is 16.7. The Labute approximate surface area is 197 Å². The predicted octanol–water partition coefficient (Wildman–Crippen LogP) is 4.49. The summed E-state index contributed by atoms with van der Waals surface area (Å²) >= 11 is 0. The van der Waals surface area contributed by atoms with Crippen LogP contribution in [0.3, 0.4) is 0 Å². The van der Waals surface area contributed by atoms with E-state index in [1.807, 2.05) is 0 Å². The molecule has 0 aromatic rings. The maximum atomic E-state index is 13.4. The zero-order valence-corrected chi connectivity index (χ0v) is 20.6. The van der Waals surface area contributed by atoms with Crippen molar-refractivity contribution in [3.8, 4) is 0 Å². The van der Waals surface area contributed by atoms with Gasteiger partial charge in [0.2, 0.25) is 0 Å². The summed E-state index contributed by atoms with van der Waals surface area (Å²) in [6.45, 7) is 10.2. The van der Waals surface area contributed by atoms with Crippen molar-refractivity contribution in [2.24, 2.45) is 46.8 Å². The topological polar surface area (TPSA) is 71.1 Å². The van der Waals surface area contributed by atoms with Crippen LogP contribution in [-0.4, -0.2) is 42.6 Å². The molecule has 4 saturated heterocycles. The van der Waals surface area contributed by atoms with E-state index in [0.29, 0.717) is 43.1 Å². The molecule has 11 atom stereocenters. The normalized spacial score (nSPS) is 56.0. The van der Waals surface area contributed by atoms with E-state index < -0.39 is 11.4 Å². The quantitative estimate of drug-likeness (QED) is 0.496. The minimum absolute atomic E-state index is 0.0621. The number of esters is 2. The van der Waals surface area contributed by atoms with E-state index in [4.69, 9.17) is 18.9 Å². The van der Waals surface area contributed by atoms with Gasteiger partial charge >= 0.3 is 11.9 Å². The van der Waals surface area contributed by atoms with E-state index in [1.165, 1.54) is 0 Å². The summed E-state index contributed by atoms with van der Waals surface area (Å²) < 4.78 is 25.1. The third-order valence-corrected chi connectivity index (χ3v) is 11.2. The molecule has 1 spiro atoms. The Bertz CT molecular complexity index is 832. The van der Waals surface area contributed by atoms with Crippen LogP contribution in [-0.2, 0) is 28.5 Å². The minimum atomic E-state index is -0.517. The Morgan fingerprint density at radius 1 is 0.939 bits per heavy atom. The van der Waals surface area contributed by atoms with Crippen LogP contribution in [0.4, 0.5) is 0 Å². The van der Waals surface area contributed by atoms with Crippen molar-refractivity contribution in [3.05, 3.63) is 0 Å². The zero-order valence-electron chi connectivity index (χ0n) is 20.6.